The van der Waals surface area contributed by atoms with E-state index in [4.69, 9.17) is 5.11 Å². The highest BCUT2D eigenvalue weighted by Gasteiger charge is 2.25. The fraction of sp³-hybridized carbons (Fsp3) is 0.118. The van der Waals surface area contributed by atoms with Crippen LogP contribution in [-0.2, 0) is 0 Å². The van der Waals surface area contributed by atoms with E-state index in [0.29, 0.717) is 6.42 Å². The summed E-state index contributed by atoms with van der Waals surface area (Å²) in [6.45, 7) is 0.145. The summed E-state index contributed by atoms with van der Waals surface area (Å²) < 4.78 is 0. The molecule has 2 heteroatoms. The lowest BCUT2D eigenvalue weighted by Crippen LogP contribution is -1.94. The summed E-state index contributed by atoms with van der Waals surface area (Å²) in [5.41, 5.74) is 4.59. The van der Waals surface area contributed by atoms with Crippen LogP contribution in [0.4, 0.5) is 0 Å². The van der Waals surface area contributed by atoms with Crippen molar-refractivity contribution >= 4 is 11.9 Å². The maximum absolute atomic E-state index is 12.3. The van der Waals surface area contributed by atoms with Gasteiger partial charge in [0.15, 0.2) is 5.78 Å². The van der Waals surface area contributed by atoms with Gasteiger partial charge in [-0.2, -0.15) is 0 Å². The quantitative estimate of drug-likeness (QED) is 0.774. The molecule has 0 saturated carbocycles. The Hall–Kier alpha value is -2.19. The van der Waals surface area contributed by atoms with E-state index in [1.807, 2.05) is 54.6 Å². The van der Waals surface area contributed by atoms with Crippen molar-refractivity contribution in [3.05, 3.63) is 65.2 Å². The summed E-state index contributed by atoms with van der Waals surface area (Å²) in [6, 6.07) is 13.6. The van der Waals surface area contributed by atoms with Crippen molar-refractivity contribution < 1.29 is 9.90 Å². The van der Waals surface area contributed by atoms with Crippen molar-refractivity contribution in [3.8, 4) is 11.1 Å². The Morgan fingerprint density at radius 1 is 0.947 bits per heavy atom. The van der Waals surface area contributed by atoms with Crippen molar-refractivity contribution in [1.82, 2.24) is 0 Å². The topological polar surface area (TPSA) is 37.3 Å². The van der Waals surface area contributed by atoms with Crippen LogP contribution >= 0.6 is 0 Å². The smallest absolute Gasteiger partial charge is 0.194 e. The number of carbonyl (C=O) groups excluding carboxylic acids is 1. The fourth-order valence-electron chi connectivity index (χ4n) is 2.44. The molecule has 0 radical (unpaired) electrons. The molecule has 2 aromatic rings. The molecule has 0 atom stereocenters. The molecule has 0 aliphatic heterocycles. The first-order valence-corrected chi connectivity index (χ1v) is 6.37. The minimum absolute atomic E-state index is 0.100. The maximum Gasteiger partial charge on any atom is 0.194 e. The first-order valence-electron chi connectivity index (χ1n) is 6.37. The Labute approximate surface area is 112 Å². The van der Waals surface area contributed by atoms with E-state index < -0.39 is 0 Å². The molecule has 0 saturated heterocycles. The molecule has 1 aliphatic rings. The van der Waals surface area contributed by atoms with Crippen LogP contribution in [0, 0.1) is 0 Å². The van der Waals surface area contributed by atoms with Crippen LogP contribution in [0.3, 0.4) is 0 Å². The van der Waals surface area contributed by atoms with Gasteiger partial charge in [0, 0.05) is 17.7 Å². The molecule has 0 unspecified atom stereocenters. The summed E-state index contributed by atoms with van der Waals surface area (Å²) in [7, 11) is 0. The summed E-state index contributed by atoms with van der Waals surface area (Å²) in [5, 5.41) is 8.75. The molecule has 2 nitrogen and oxygen atoms in total. The molecule has 0 heterocycles. The van der Waals surface area contributed by atoms with Gasteiger partial charge >= 0.3 is 0 Å². The molecule has 2 aromatic carbocycles. The minimum Gasteiger partial charge on any atom is -0.396 e. The molecule has 0 bridgehead atoms. The zero-order valence-electron chi connectivity index (χ0n) is 10.5. The van der Waals surface area contributed by atoms with Crippen LogP contribution < -0.4 is 0 Å². The molecule has 0 aromatic heterocycles. The number of aliphatic hydroxyl groups excluding tert-OH is 1. The second-order valence-electron chi connectivity index (χ2n) is 4.59. The first kappa shape index (κ1) is 11.9. The highest BCUT2D eigenvalue weighted by molar-refractivity contribution is 6.21. The number of rotatable bonds is 3. The van der Waals surface area contributed by atoms with Gasteiger partial charge in [-0.05, 0) is 29.2 Å². The third kappa shape index (κ3) is 2.00. The second kappa shape index (κ2) is 4.82. The predicted molar refractivity (Wildman–Crippen MR) is 76.0 cm³/mol. The lowest BCUT2D eigenvalue weighted by molar-refractivity contribution is 0.104. The number of benzene rings is 2. The monoisotopic (exact) mass is 250 g/mol. The van der Waals surface area contributed by atoms with E-state index in [2.05, 4.69) is 0 Å². The second-order valence-corrected chi connectivity index (χ2v) is 4.59. The number of hydrogen-bond donors (Lipinski definition) is 1. The summed E-state index contributed by atoms with van der Waals surface area (Å²) in [4.78, 5) is 12.3. The Kier molecular flexibility index (Phi) is 3.02. The average Bonchev–Trinajstić information content (AvgIpc) is 2.73. The van der Waals surface area contributed by atoms with Crippen LogP contribution in [0.5, 0.6) is 0 Å². The molecule has 3 rings (SSSR count). The largest absolute Gasteiger partial charge is 0.396 e. The zero-order chi connectivity index (χ0) is 13.2. The van der Waals surface area contributed by atoms with Crippen LogP contribution in [-0.4, -0.2) is 17.5 Å². The fourth-order valence-corrected chi connectivity index (χ4v) is 2.44. The predicted octanol–water partition coefficient (Wildman–Crippen LogP) is 3.29. The number of ketones is 1. The first-order chi connectivity index (χ1) is 9.31. The van der Waals surface area contributed by atoms with E-state index in [0.717, 1.165) is 27.8 Å². The van der Waals surface area contributed by atoms with Gasteiger partial charge in [0.05, 0.1) is 0 Å². The van der Waals surface area contributed by atoms with Crippen molar-refractivity contribution in [2.24, 2.45) is 0 Å². The molecule has 0 spiro atoms. The Morgan fingerprint density at radius 2 is 1.68 bits per heavy atom. The van der Waals surface area contributed by atoms with Crippen molar-refractivity contribution in [1.29, 1.82) is 0 Å². The van der Waals surface area contributed by atoms with Gasteiger partial charge in [0.25, 0.3) is 0 Å². The van der Waals surface area contributed by atoms with Gasteiger partial charge in [-0.3, -0.25) is 4.79 Å². The molecule has 94 valence electrons. The Bertz CT molecular complexity index is 669. The van der Waals surface area contributed by atoms with Crippen molar-refractivity contribution in [3.63, 3.8) is 0 Å². The normalized spacial score (nSPS) is 12.8. The lowest BCUT2D eigenvalue weighted by atomic mass is 10.0. The van der Waals surface area contributed by atoms with Gasteiger partial charge in [-0.15, -0.1) is 0 Å². The van der Waals surface area contributed by atoms with Crippen molar-refractivity contribution in [2.75, 3.05) is 6.61 Å². The zero-order valence-corrected chi connectivity index (χ0v) is 10.5. The number of aliphatic hydroxyl groups is 1. The Morgan fingerprint density at radius 3 is 2.47 bits per heavy atom. The highest BCUT2D eigenvalue weighted by Crippen LogP contribution is 2.36. The summed E-state index contributed by atoms with van der Waals surface area (Å²) in [6.07, 6.45) is 4.48. The van der Waals surface area contributed by atoms with Gasteiger partial charge < -0.3 is 5.11 Å². The third-order valence-corrected chi connectivity index (χ3v) is 3.36. The van der Waals surface area contributed by atoms with Crippen LogP contribution in [0.1, 0.15) is 27.9 Å². The van der Waals surface area contributed by atoms with Gasteiger partial charge in [0.1, 0.15) is 0 Å². The van der Waals surface area contributed by atoms with Crippen LogP contribution in [0.15, 0.2) is 48.5 Å². The van der Waals surface area contributed by atoms with Gasteiger partial charge in [0.2, 0.25) is 0 Å². The molecular formula is C17H14O2. The highest BCUT2D eigenvalue weighted by atomic mass is 16.2. The number of fused-ring (bicyclic) bond motifs is 3. The van der Waals surface area contributed by atoms with Crippen LogP contribution in [0.2, 0.25) is 0 Å². The van der Waals surface area contributed by atoms with Gasteiger partial charge in [-0.1, -0.05) is 48.6 Å². The van der Waals surface area contributed by atoms with Crippen LogP contribution in [0.25, 0.3) is 17.2 Å². The SMILES string of the molecule is O=C1c2ccccc2-c2ccc(C=CCCO)cc21. The van der Waals surface area contributed by atoms with Crippen molar-refractivity contribution in [2.45, 2.75) is 6.42 Å². The van der Waals surface area contributed by atoms with E-state index >= 15 is 0 Å². The van der Waals surface area contributed by atoms with E-state index in [1.165, 1.54) is 0 Å². The van der Waals surface area contributed by atoms with E-state index in [-0.39, 0.29) is 12.4 Å². The summed E-state index contributed by atoms with van der Waals surface area (Å²) in [5.74, 6) is 0.100. The third-order valence-electron chi connectivity index (χ3n) is 3.36. The molecule has 0 fully saturated rings. The maximum atomic E-state index is 12.3. The number of hydrogen-bond acceptors (Lipinski definition) is 2. The number of carbonyl (C=O) groups is 1. The van der Waals surface area contributed by atoms with Gasteiger partial charge in [-0.25, -0.2) is 0 Å². The van der Waals surface area contributed by atoms with E-state index in [9.17, 15) is 4.79 Å². The molecule has 1 N–H and O–H groups in total. The molecule has 19 heavy (non-hydrogen) atoms. The van der Waals surface area contributed by atoms with E-state index in [1.54, 1.807) is 0 Å². The average molecular weight is 250 g/mol. The lowest BCUT2D eigenvalue weighted by Gasteiger charge is -2.00. The summed E-state index contributed by atoms with van der Waals surface area (Å²) >= 11 is 0. The Balaban J connectivity index is 2.03. The standard InChI is InChI=1S/C17H14O2/c18-10-4-3-5-12-8-9-14-13-6-1-2-7-15(13)17(19)16(14)11-12/h1-3,5-9,11,18H,4,10H2. The molecule has 1 aliphatic carbocycles. The molecular weight excluding hydrogens is 236 g/mol. The molecule has 0 amide bonds. The minimum atomic E-state index is 0.100.